The predicted molar refractivity (Wildman–Crippen MR) is 109 cm³/mol. The Kier molecular flexibility index (Phi) is 7.65. The number of nitrogens with one attached hydrogen (secondary N) is 1. The van der Waals surface area contributed by atoms with Gasteiger partial charge in [0, 0.05) is 17.1 Å². The summed E-state index contributed by atoms with van der Waals surface area (Å²) in [5.74, 6) is -1.21. The third-order valence-corrected chi connectivity index (χ3v) is 5.85. The van der Waals surface area contributed by atoms with Crippen LogP contribution in [-0.2, 0) is 14.3 Å². The van der Waals surface area contributed by atoms with Crippen molar-refractivity contribution in [1.82, 2.24) is 5.32 Å². The van der Waals surface area contributed by atoms with Gasteiger partial charge in [-0.1, -0.05) is 42.3 Å². The van der Waals surface area contributed by atoms with Gasteiger partial charge >= 0.3 is 11.9 Å². The van der Waals surface area contributed by atoms with Crippen molar-refractivity contribution in [3.8, 4) is 0 Å². The maximum Gasteiger partial charge on any atom is 0.336 e. The largest absolute Gasteiger partial charge is 0.478 e. The number of allylic oxidation sites excluding steroid dienone is 1. The minimum absolute atomic E-state index is 0.0486. The standard InChI is InChI=1S/C19H21Cl2NO4S/c1-4-26-19(25)16-13(9-27-5-2)22-10(3)14(18(23)24)15(16)11-7-6-8-12(20)17(11)21/h6-8,15,22H,4-5,9H2,1-3H3,(H,23,24). The lowest BCUT2D eigenvalue weighted by Gasteiger charge is -2.31. The molecule has 1 heterocycles. The Morgan fingerprint density at radius 2 is 1.96 bits per heavy atom. The lowest BCUT2D eigenvalue weighted by Crippen LogP contribution is -2.33. The number of hydrogen-bond acceptors (Lipinski definition) is 5. The van der Waals surface area contributed by atoms with Gasteiger partial charge in [-0.05, 0) is 31.2 Å². The molecule has 1 unspecified atom stereocenters. The SMILES string of the molecule is CCOC(=O)C1=C(CSCC)NC(C)=C(C(=O)O)C1c1cccc(Cl)c1Cl. The normalized spacial score (nSPS) is 17.0. The lowest BCUT2D eigenvalue weighted by atomic mass is 9.80. The molecule has 0 radical (unpaired) electrons. The van der Waals surface area contributed by atoms with E-state index in [1.807, 2.05) is 6.92 Å². The number of carbonyl (C=O) groups excluding carboxylic acids is 1. The second-order valence-electron chi connectivity index (χ2n) is 5.79. The highest BCUT2D eigenvalue weighted by Gasteiger charge is 2.39. The molecule has 1 aliphatic rings. The highest BCUT2D eigenvalue weighted by Crippen LogP contribution is 2.43. The van der Waals surface area contributed by atoms with E-state index in [4.69, 9.17) is 27.9 Å². The van der Waals surface area contributed by atoms with Gasteiger partial charge in [-0.3, -0.25) is 0 Å². The Balaban J connectivity index is 2.75. The molecule has 1 atom stereocenters. The first kappa shape index (κ1) is 21.7. The van der Waals surface area contributed by atoms with Crippen molar-refractivity contribution in [2.75, 3.05) is 18.1 Å². The van der Waals surface area contributed by atoms with Crippen LogP contribution in [0.25, 0.3) is 0 Å². The van der Waals surface area contributed by atoms with E-state index in [0.717, 1.165) is 5.75 Å². The molecule has 1 aromatic rings. The van der Waals surface area contributed by atoms with Crippen molar-refractivity contribution in [2.45, 2.75) is 26.7 Å². The molecule has 1 aromatic carbocycles. The summed E-state index contributed by atoms with van der Waals surface area (Å²) in [5, 5.41) is 13.4. The van der Waals surface area contributed by atoms with Crippen LogP contribution in [0, 0.1) is 0 Å². The third kappa shape index (κ3) is 4.62. The Morgan fingerprint density at radius 1 is 1.26 bits per heavy atom. The smallest absolute Gasteiger partial charge is 0.336 e. The van der Waals surface area contributed by atoms with Crippen LogP contribution < -0.4 is 5.32 Å². The molecule has 0 aliphatic carbocycles. The quantitative estimate of drug-likeness (QED) is 0.616. The fourth-order valence-corrected chi connectivity index (χ4v) is 4.06. The maximum atomic E-state index is 12.8. The van der Waals surface area contributed by atoms with E-state index < -0.39 is 17.9 Å². The zero-order chi connectivity index (χ0) is 20.1. The van der Waals surface area contributed by atoms with Gasteiger partial charge in [-0.15, -0.1) is 0 Å². The minimum atomic E-state index is -1.13. The van der Waals surface area contributed by atoms with Crippen LogP contribution in [0.2, 0.25) is 10.0 Å². The van der Waals surface area contributed by atoms with Gasteiger partial charge in [0.15, 0.2) is 0 Å². The molecule has 0 amide bonds. The highest BCUT2D eigenvalue weighted by atomic mass is 35.5. The Morgan fingerprint density at radius 3 is 2.56 bits per heavy atom. The Bertz CT molecular complexity index is 820. The summed E-state index contributed by atoms with van der Waals surface area (Å²) in [6, 6.07) is 4.99. The van der Waals surface area contributed by atoms with E-state index in [-0.39, 0.29) is 22.8 Å². The van der Waals surface area contributed by atoms with E-state index in [2.05, 4.69) is 5.32 Å². The number of aliphatic carboxylic acids is 1. The van der Waals surface area contributed by atoms with Gasteiger partial charge in [-0.2, -0.15) is 11.8 Å². The molecule has 27 heavy (non-hydrogen) atoms. The van der Waals surface area contributed by atoms with Crippen LogP contribution in [0.1, 0.15) is 32.3 Å². The van der Waals surface area contributed by atoms with Crippen molar-refractivity contribution in [3.63, 3.8) is 0 Å². The summed E-state index contributed by atoms with van der Waals surface area (Å²) in [4.78, 5) is 24.8. The number of halogens is 2. The molecule has 0 bridgehead atoms. The number of dihydropyridines is 1. The summed E-state index contributed by atoms with van der Waals surface area (Å²) in [6.45, 7) is 5.57. The monoisotopic (exact) mass is 429 g/mol. The van der Waals surface area contributed by atoms with Gasteiger partial charge in [0.2, 0.25) is 0 Å². The van der Waals surface area contributed by atoms with E-state index in [0.29, 0.717) is 27.7 Å². The van der Waals surface area contributed by atoms with Crippen LogP contribution in [0.15, 0.2) is 40.7 Å². The second kappa shape index (κ2) is 9.53. The summed E-state index contributed by atoms with van der Waals surface area (Å²) < 4.78 is 5.24. The fourth-order valence-electron chi connectivity index (χ4n) is 3.00. The molecule has 0 aromatic heterocycles. The topological polar surface area (TPSA) is 75.6 Å². The molecule has 0 spiro atoms. The first-order chi connectivity index (χ1) is 12.8. The van der Waals surface area contributed by atoms with E-state index in [1.54, 1.807) is 43.8 Å². The van der Waals surface area contributed by atoms with Crippen molar-refractivity contribution < 1.29 is 19.4 Å². The molecule has 2 N–H and O–H groups in total. The van der Waals surface area contributed by atoms with Gasteiger partial charge < -0.3 is 15.2 Å². The number of carbonyl (C=O) groups is 2. The summed E-state index contributed by atoms with van der Waals surface area (Å²) >= 11 is 14.2. The Labute approximate surface area is 172 Å². The van der Waals surface area contributed by atoms with Crippen LogP contribution in [0.4, 0.5) is 0 Å². The number of rotatable bonds is 7. The summed E-state index contributed by atoms with van der Waals surface area (Å²) in [5.41, 5.74) is 1.86. The van der Waals surface area contributed by atoms with Crippen molar-refractivity contribution in [1.29, 1.82) is 0 Å². The number of ether oxygens (including phenoxy) is 1. The van der Waals surface area contributed by atoms with Crippen LogP contribution in [-0.4, -0.2) is 35.2 Å². The molecular formula is C19H21Cl2NO4S. The Hall–Kier alpha value is -1.63. The summed E-state index contributed by atoms with van der Waals surface area (Å²) in [7, 11) is 0. The molecule has 1 aliphatic heterocycles. The van der Waals surface area contributed by atoms with E-state index in [9.17, 15) is 14.7 Å². The average Bonchev–Trinajstić information content (AvgIpc) is 2.61. The summed E-state index contributed by atoms with van der Waals surface area (Å²) in [6.07, 6.45) is 0. The molecule has 8 heteroatoms. The van der Waals surface area contributed by atoms with Crippen molar-refractivity contribution >= 4 is 46.9 Å². The van der Waals surface area contributed by atoms with Gasteiger partial charge in [0.1, 0.15) is 0 Å². The molecule has 146 valence electrons. The van der Waals surface area contributed by atoms with Gasteiger partial charge in [0.05, 0.1) is 33.7 Å². The van der Waals surface area contributed by atoms with E-state index >= 15 is 0 Å². The number of esters is 1. The third-order valence-electron chi connectivity index (χ3n) is 4.11. The first-order valence-electron chi connectivity index (χ1n) is 8.46. The highest BCUT2D eigenvalue weighted by molar-refractivity contribution is 7.99. The number of thioether (sulfide) groups is 1. The number of benzene rings is 1. The van der Waals surface area contributed by atoms with Gasteiger partial charge in [-0.25, -0.2) is 9.59 Å². The minimum Gasteiger partial charge on any atom is -0.478 e. The van der Waals surface area contributed by atoms with Crippen LogP contribution in [0.5, 0.6) is 0 Å². The van der Waals surface area contributed by atoms with Crippen LogP contribution >= 0.6 is 35.0 Å². The molecule has 2 rings (SSSR count). The molecule has 0 saturated heterocycles. The van der Waals surface area contributed by atoms with Crippen molar-refractivity contribution in [3.05, 3.63) is 56.3 Å². The molecule has 0 fully saturated rings. The number of carboxylic acids is 1. The lowest BCUT2D eigenvalue weighted by molar-refractivity contribution is -0.138. The van der Waals surface area contributed by atoms with Crippen LogP contribution in [0.3, 0.4) is 0 Å². The zero-order valence-electron chi connectivity index (χ0n) is 15.3. The zero-order valence-corrected chi connectivity index (χ0v) is 17.6. The second-order valence-corrected chi connectivity index (χ2v) is 7.85. The molecule has 5 nitrogen and oxygen atoms in total. The first-order valence-corrected chi connectivity index (χ1v) is 10.4. The molecular weight excluding hydrogens is 409 g/mol. The van der Waals surface area contributed by atoms with E-state index in [1.165, 1.54) is 0 Å². The molecule has 0 saturated carbocycles. The number of carboxylic acid groups (broad SMARTS) is 1. The van der Waals surface area contributed by atoms with Gasteiger partial charge in [0.25, 0.3) is 0 Å². The fraction of sp³-hybridized carbons (Fsp3) is 0.368. The predicted octanol–water partition coefficient (Wildman–Crippen LogP) is 4.61. The average molecular weight is 430 g/mol. The van der Waals surface area contributed by atoms with Crippen molar-refractivity contribution in [2.24, 2.45) is 0 Å². The number of hydrogen-bond donors (Lipinski definition) is 2. The maximum absolute atomic E-state index is 12.8.